The van der Waals surface area contributed by atoms with Crippen molar-refractivity contribution in [1.82, 2.24) is 15.4 Å². The number of rotatable bonds is 9. The lowest BCUT2D eigenvalue weighted by molar-refractivity contribution is 0.0953. The van der Waals surface area contributed by atoms with Crippen molar-refractivity contribution in [3.05, 3.63) is 113 Å². The Balaban J connectivity index is 1.25. The van der Waals surface area contributed by atoms with Crippen molar-refractivity contribution in [1.29, 1.82) is 0 Å². The van der Waals surface area contributed by atoms with Gasteiger partial charge in [0.25, 0.3) is 5.91 Å². The minimum Gasteiger partial charge on any atom is -0.378 e. The fourth-order valence-corrected chi connectivity index (χ4v) is 4.44. The summed E-state index contributed by atoms with van der Waals surface area (Å²) >= 11 is 0. The SMILES string of the molecule is CN(C)c1ccc(C(=O)Cc2ccc3nc(-c4cccc(/C=N/NC(=O)c5ccc(N(C)C)cc5)c4)[nH]c3c2)cc1. The number of imidazole rings is 1. The molecule has 0 aliphatic heterocycles. The predicted octanol–water partition coefficient (Wildman–Crippen LogP) is 5.55. The van der Waals surface area contributed by atoms with Crippen LogP contribution in [0.3, 0.4) is 0 Å². The second-order valence-corrected chi connectivity index (χ2v) is 10.2. The quantitative estimate of drug-likeness (QED) is 0.144. The normalized spacial score (nSPS) is 11.1. The third kappa shape index (κ3) is 6.50. The lowest BCUT2D eigenvalue weighted by Crippen LogP contribution is -2.17. The van der Waals surface area contributed by atoms with Gasteiger partial charge in [0.15, 0.2) is 5.78 Å². The van der Waals surface area contributed by atoms with Crippen molar-refractivity contribution < 1.29 is 9.59 Å². The Bertz CT molecular complexity index is 1720. The molecule has 1 aromatic heterocycles. The van der Waals surface area contributed by atoms with E-state index in [-0.39, 0.29) is 11.7 Å². The molecule has 0 saturated heterocycles. The van der Waals surface area contributed by atoms with Crippen molar-refractivity contribution >= 4 is 40.3 Å². The average molecular weight is 545 g/mol. The van der Waals surface area contributed by atoms with Crippen molar-refractivity contribution in [2.24, 2.45) is 5.10 Å². The van der Waals surface area contributed by atoms with Crippen LogP contribution in [-0.2, 0) is 6.42 Å². The Hall–Kier alpha value is -5.24. The van der Waals surface area contributed by atoms with Gasteiger partial charge in [0.05, 0.1) is 17.2 Å². The van der Waals surface area contributed by atoms with Crippen LogP contribution in [0.15, 0.2) is 96.1 Å². The monoisotopic (exact) mass is 544 g/mol. The molecular weight excluding hydrogens is 512 g/mol. The molecule has 41 heavy (non-hydrogen) atoms. The van der Waals surface area contributed by atoms with E-state index >= 15 is 0 Å². The standard InChI is InChI=1S/C33H32N6O2/c1-38(2)27-13-9-24(10-14-27)31(40)20-22-8-17-29-30(19-22)36-32(35-29)26-7-5-6-23(18-26)21-34-37-33(41)25-11-15-28(16-12-25)39(3)4/h5-19,21H,20H2,1-4H3,(H,35,36)(H,37,41)/b34-21+. The zero-order chi connectivity index (χ0) is 28.9. The summed E-state index contributed by atoms with van der Waals surface area (Å²) in [4.78, 5) is 37.4. The van der Waals surface area contributed by atoms with E-state index in [1.54, 1.807) is 18.3 Å². The summed E-state index contributed by atoms with van der Waals surface area (Å²) in [5, 5.41) is 4.13. The molecule has 0 fully saturated rings. The van der Waals surface area contributed by atoms with E-state index in [1.165, 1.54) is 0 Å². The largest absolute Gasteiger partial charge is 0.378 e. The summed E-state index contributed by atoms with van der Waals surface area (Å²) in [5.74, 6) is 0.502. The first kappa shape index (κ1) is 27.3. The van der Waals surface area contributed by atoms with Gasteiger partial charge in [-0.2, -0.15) is 5.10 Å². The Morgan fingerprint density at radius 3 is 2.15 bits per heavy atom. The number of anilines is 2. The highest BCUT2D eigenvalue weighted by Crippen LogP contribution is 2.23. The van der Waals surface area contributed by atoms with Gasteiger partial charge in [-0.3, -0.25) is 9.59 Å². The Morgan fingerprint density at radius 1 is 0.829 bits per heavy atom. The van der Waals surface area contributed by atoms with Gasteiger partial charge in [-0.25, -0.2) is 10.4 Å². The van der Waals surface area contributed by atoms with Crippen LogP contribution in [0, 0.1) is 0 Å². The smallest absolute Gasteiger partial charge is 0.271 e. The molecule has 1 heterocycles. The van der Waals surface area contributed by atoms with Gasteiger partial charge < -0.3 is 14.8 Å². The van der Waals surface area contributed by atoms with E-state index < -0.39 is 0 Å². The van der Waals surface area contributed by atoms with E-state index in [1.807, 2.05) is 117 Å². The predicted molar refractivity (Wildman–Crippen MR) is 166 cm³/mol. The number of benzene rings is 4. The van der Waals surface area contributed by atoms with E-state index in [0.717, 1.165) is 39.1 Å². The van der Waals surface area contributed by atoms with Crippen molar-refractivity contribution in [3.63, 3.8) is 0 Å². The molecule has 8 nitrogen and oxygen atoms in total. The Labute approximate surface area is 239 Å². The molecular formula is C33H32N6O2. The van der Waals surface area contributed by atoms with Crippen LogP contribution < -0.4 is 15.2 Å². The molecule has 0 bridgehead atoms. The summed E-state index contributed by atoms with van der Waals surface area (Å²) in [6, 6.07) is 28.5. The van der Waals surface area contributed by atoms with Gasteiger partial charge in [0, 0.05) is 62.7 Å². The van der Waals surface area contributed by atoms with Gasteiger partial charge >= 0.3 is 0 Å². The maximum atomic E-state index is 12.9. The van der Waals surface area contributed by atoms with Gasteiger partial charge in [0.1, 0.15) is 5.82 Å². The highest BCUT2D eigenvalue weighted by Gasteiger charge is 2.11. The lowest BCUT2D eigenvalue weighted by Gasteiger charge is -2.12. The Kier molecular flexibility index (Phi) is 7.92. The van der Waals surface area contributed by atoms with Crippen LogP contribution in [0.5, 0.6) is 0 Å². The van der Waals surface area contributed by atoms with Crippen LogP contribution in [-0.4, -0.2) is 56.1 Å². The number of aromatic amines is 1. The van der Waals surface area contributed by atoms with E-state index in [2.05, 4.69) is 15.5 Å². The topological polar surface area (TPSA) is 93.7 Å². The molecule has 0 spiro atoms. The number of Topliss-reactive ketones (excluding diaryl/α,β-unsaturated/α-hetero) is 1. The highest BCUT2D eigenvalue weighted by atomic mass is 16.2. The third-order valence-electron chi connectivity index (χ3n) is 6.80. The average Bonchev–Trinajstić information content (AvgIpc) is 3.41. The number of carbonyl (C=O) groups excluding carboxylic acids is 2. The molecule has 0 atom stereocenters. The molecule has 0 unspecified atom stereocenters. The molecule has 0 saturated carbocycles. The number of aromatic nitrogens is 2. The maximum Gasteiger partial charge on any atom is 0.271 e. The van der Waals surface area contributed by atoms with Gasteiger partial charge in [-0.15, -0.1) is 0 Å². The highest BCUT2D eigenvalue weighted by molar-refractivity contribution is 5.98. The van der Waals surface area contributed by atoms with Gasteiger partial charge in [0.2, 0.25) is 0 Å². The number of nitrogens with one attached hydrogen (secondary N) is 2. The summed E-state index contributed by atoms with van der Waals surface area (Å²) in [7, 11) is 7.85. The lowest BCUT2D eigenvalue weighted by atomic mass is 10.0. The van der Waals surface area contributed by atoms with Crippen LogP contribution in [0.25, 0.3) is 22.4 Å². The number of amides is 1. The molecule has 1 amide bonds. The van der Waals surface area contributed by atoms with E-state index in [0.29, 0.717) is 23.4 Å². The fraction of sp³-hybridized carbons (Fsp3) is 0.152. The van der Waals surface area contributed by atoms with Crippen LogP contribution >= 0.6 is 0 Å². The number of hydrogen-bond donors (Lipinski definition) is 2. The van der Waals surface area contributed by atoms with Crippen LogP contribution in [0.4, 0.5) is 11.4 Å². The summed E-state index contributed by atoms with van der Waals surface area (Å²) in [6.45, 7) is 0. The number of hydrazone groups is 1. The molecule has 0 aliphatic carbocycles. The summed E-state index contributed by atoms with van der Waals surface area (Å²) in [6.07, 6.45) is 1.91. The van der Waals surface area contributed by atoms with Crippen molar-refractivity contribution in [3.8, 4) is 11.4 Å². The first-order valence-electron chi connectivity index (χ1n) is 13.3. The van der Waals surface area contributed by atoms with Crippen LogP contribution in [0.2, 0.25) is 0 Å². The summed E-state index contributed by atoms with van der Waals surface area (Å²) < 4.78 is 0. The number of hydrogen-bond acceptors (Lipinski definition) is 6. The molecule has 8 heteroatoms. The number of fused-ring (bicyclic) bond motifs is 1. The van der Waals surface area contributed by atoms with Crippen molar-refractivity contribution in [2.75, 3.05) is 38.0 Å². The van der Waals surface area contributed by atoms with Crippen molar-refractivity contribution in [2.45, 2.75) is 6.42 Å². The summed E-state index contributed by atoms with van der Waals surface area (Å²) in [5.41, 5.74) is 10.2. The molecule has 0 radical (unpaired) electrons. The molecule has 206 valence electrons. The zero-order valence-electron chi connectivity index (χ0n) is 23.6. The molecule has 2 N–H and O–H groups in total. The molecule has 5 rings (SSSR count). The minimum absolute atomic E-state index is 0.0686. The van der Waals surface area contributed by atoms with Gasteiger partial charge in [-0.05, 0) is 77.9 Å². The first-order chi connectivity index (χ1) is 19.8. The third-order valence-corrected chi connectivity index (χ3v) is 6.80. The van der Waals surface area contributed by atoms with E-state index in [9.17, 15) is 9.59 Å². The molecule has 4 aromatic carbocycles. The van der Waals surface area contributed by atoms with Crippen LogP contribution in [0.1, 0.15) is 31.8 Å². The van der Waals surface area contributed by atoms with E-state index in [4.69, 9.17) is 4.98 Å². The first-order valence-corrected chi connectivity index (χ1v) is 13.3. The second kappa shape index (κ2) is 11.9. The maximum absolute atomic E-state index is 12.9. The number of H-pyrrole nitrogens is 1. The van der Waals surface area contributed by atoms with Gasteiger partial charge in [-0.1, -0.05) is 24.3 Å². The molecule has 5 aromatic rings. The molecule has 0 aliphatic rings. The minimum atomic E-state index is -0.278. The zero-order valence-corrected chi connectivity index (χ0v) is 23.6. The second-order valence-electron chi connectivity index (χ2n) is 10.2. The fourth-order valence-electron chi connectivity index (χ4n) is 4.44. The number of carbonyl (C=O) groups is 2. The Morgan fingerprint density at radius 2 is 1.49 bits per heavy atom. The number of ketones is 1. The number of nitrogens with zero attached hydrogens (tertiary/aromatic N) is 4.